The smallest absolute Gasteiger partial charge is 0.699 e. The Labute approximate surface area is 140 Å². The largest absolute Gasteiger partial charge is 2.00 e. The van der Waals surface area contributed by atoms with Crippen LogP contribution in [0.15, 0.2) is 48.5 Å². The number of benzene rings is 2. The van der Waals surface area contributed by atoms with Gasteiger partial charge in [-0.15, -0.1) is 11.4 Å². The summed E-state index contributed by atoms with van der Waals surface area (Å²) in [5, 5.41) is 20.1. The molecule has 0 aliphatic carbocycles. The number of nitro benzene ring substituents is 2. The number of rotatable bonds is 2. The normalized spacial score (nSPS) is 8.76. The molecule has 0 atom stereocenters. The SMILES string of the molecule is [Hg+2].[NH-]c1ccc([N+](=O)[O-])cc1.[NH-]c1ccc([N+](=O)[O-])cc1. The van der Waals surface area contributed by atoms with Gasteiger partial charge in [0, 0.05) is 24.3 Å². The molecule has 0 fully saturated rings. The van der Waals surface area contributed by atoms with Crippen molar-refractivity contribution in [1.82, 2.24) is 0 Å². The number of nitrogens with one attached hydrogen (secondary N) is 2. The van der Waals surface area contributed by atoms with E-state index in [1.54, 1.807) is 0 Å². The Morgan fingerprint density at radius 2 is 0.905 bits per heavy atom. The third kappa shape index (κ3) is 6.66. The Hall–Kier alpha value is -2.22. The van der Waals surface area contributed by atoms with Crippen molar-refractivity contribution >= 4 is 22.7 Å². The van der Waals surface area contributed by atoms with E-state index < -0.39 is 9.85 Å². The Bertz CT molecular complexity index is 546. The van der Waals surface area contributed by atoms with Gasteiger partial charge in [0.2, 0.25) is 0 Å². The van der Waals surface area contributed by atoms with E-state index in [0.717, 1.165) is 0 Å². The van der Waals surface area contributed by atoms with Gasteiger partial charge in [-0.25, -0.2) is 0 Å². The summed E-state index contributed by atoms with van der Waals surface area (Å²) in [5.74, 6) is 0. The van der Waals surface area contributed by atoms with Crippen LogP contribution in [-0.2, 0) is 27.7 Å². The van der Waals surface area contributed by atoms with Gasteiger partial charge in [-0.05, 0) is 0 Å². The van der Waals surface area contributed by atoms with Gasteiger partial charge < -0.3 is 11.5 Å². The van der Waals surface area contributed by atoms with Crippen molar-refractivity contribution in [2.45, 2.75) is 0 Å². The fourth-order valence-electron chi connectivity index (χ4n) is 1.17. The molecule has 21 heavy (non-hydrogen) atoms. The predicted octanol–water partition coefficient (Wildman–Crippen LogP) is 4.55. The number of nitro groups is 2. The van der Waals surface area contributed by atoms with E-state index in [4.69, 9.17) is 11.5 Å². The summed E-state index contributed by atoms with van der Waals surface area (Å²) in [6, 6.07) is 10.8. The molecule has 0 amide bonds. The van der Waals surface area contributed by atoms with E-state index in [0.29, 0.717) is 0 Å². The molecule has 9 heteroatoms. The first-order chi connectivity index (χ1) is 9.40. The Morgan fingerprint density at radius 3 is 1.10 bits per heavy atom. The molecule has 0 spiro atoms. The molecule has 104 valence electrons. The quantitative estimate of drug-likeness (QED) is 0.358. The van der Waals surface area contributed by atoms with Crippen LogP contribution >= 0.6 is 0 Å². The molecule has 0 radical (unpaired) electrons. The molecule has 2 aromatic carbocycles. The summed E-state index contributed by atoms with van der Waals surface area (Å²) in [5.41, 5.74) is 14.6. The topological polar surface area (TPSA) is 134 Å². The molecular weight excluding hydrogens is 465 g/mol. The molecule has 0 bridgehead atoms. The molecule has 2 aromatic rings. The number of non-ortho nitro benzene ring substituents is 2. The molecule has 8 nitrogen and oxygen atoms in total. The minimum absolute atomic E-state index is 0. The van der Waals surface area contributed by atoms with Crippen LogP contribution in [0.3, 0.4) is 0 Å². The summed E-state index contributed by atoms with van der Waals surface area (Å²) < 4.78 is 0. The van der Waals surface area contributed by atoms with Crippen LogP contribution in [0, 0.1) is 20.2 Å². The van der Waals surface area contributed by atoms with E-state index in [9.17, 15) is 20.2 Å². The van der Waals surface area contributed by atoms with Crippen LogP contribution < -0.4 is 0 Å². The van der Waals surface area contributed by atoms with E-state index in [2.05, 4.69) is 0 Å². The molecule has 0 unspecified atom stereocenters. The van der Waals surface area contributed by atoms with Gasteiger partial charge in [-0.1, -0.05) is 24.3 Å². The summed E-state index contributed by atoms with van der Waals surface area (Å²) in [7, 11) is 0. The van der Waals surface area contributed by atoms with Crippen LogP contribution in [-0.4, -0.2) is 9.85 Å². The van der Waals surface area contributed by atoms with Gasteiger partial charge in [0.15, 0.2) is 0 Å². The van der Waals surface area contributed by atoms with Gasteiger partial charge >= 0.3 is 27.7 Å². The second-order valence-electron chi connectivity index (χ2n) is 3.61. The maximum absolute atomic E-state index is 10.1. The summed E-state index contributed by atoms with van der Waals surface area (Å²) in [4.78, 5) is 19.1. The van der Waals surface area contributed by atoms with Crippen LogP contribution in [0.25, 0.3) is 11.5 Å². The van der Waals surface area contributed by atoms with Crippen molar-refractivity contribution in [3.63, 3.8) is 0 Å². The Morgan fingerprint density at radius 1 is 0.667 bits per heavy atom. The van der Waals surface area contributed by atoms with E-state index in [1.807, 2.05) is 0 Å². The van der Waals surface area contributed by atoms with Crippen LogP contribution in [0.4, 0.5) is 22.7 Å². The van der Waals surface area contributed by atoms with Crippen LogP contribution in [0.2, 0.25) is 0 Å². The van der Waals surface area contributed by atoms with Gasteiger partial charge in [-0.3, -0.25) is 20.2 Å². The zero-order valence-electron chi connectivity index (χ0n) is 10.9. The first-order valence-corrected chi connectivity index (χ1v) is 5.32. The standard InChI is InChI=1S/2C6H5N2O2.Hg/c2*7-5-1-3-6(4-2-5)8(9)10;/h2*1-4,7H;/q2*-1;+2. The number of hydrogen-bond acceptors (Lipinski definition) is 4. The molecular formula is C12H10HgN4O4. The molecule has 0 aromatic heterocycles. The van der Waals surface area contributed by atoms with E-state index >= 15 is 0 Å². The third-order valence-corrected chi connectivity index (χ3v) is 2.16. The van der Waals surface area contributed by atoms with Crippen molar-refractivity contribution in [1.29, 1.82) is 0 Å². The second-order valence-corrected chi connectivity index (χ2v) is 3.61. The minimum Gasteiger partial charge on any atom is -0.699 e. The van der Waals surface area contributed by atoms with Gasteiger partial charge in [0.1, 0.15) is 0 Å². The maximum atomic E-state index is 10.1. The van der Waals surface area contributed by atoms with Crippen molar-refractivity contribution in [2.75, 3.05) is 0 Å². The fraction of sp³-hybridized carbons (Fsp3) is 0. The maximum Gasteiger partial charge on any atom is 2.00 e. The molecule has 2 rings (SSSR count). The van der Waals surface area contributed by atoms with Crippen molar-refractivity contribution in [3.05, 3.63) is 80.2 Å². The Balaban J connectivity index is 0.000000364. The van der Waals surface area contributed by atoms with E-state index in [-0.39, 0.29) is 50.4 Å². The zero-order valence-corrected chi connectivity index (χ0v) is 16.4. The molecule has 0 aliphatic rings. The minimum atomic E-state index is -0.487. The molecule has 0 aliphatic heterocycles. The third-order valence-electron chi connectivity index (χ3n) is 2.16. The first kappa shape index (κ1) is 18.8. The van der Waals surface area contributed by atoms with Crippen molar-refractivity contribution in [3.8, 4) is 0 Å². The molecule has 0 saturated carbocycles. The number of nitrogens with zero attached hydrogens (tertiary/aromatic N) is 2. The molecule has 2 N–H and O–H groups in total. The summed E-state index contributed by atoms with van der Waals surface area (Å²) in [6.45, 7) is 0. The average molecular weight is 475 g/mol. The summed E-state index contributed by atoms with van der Waals surface area (Å²) >= 11 is 0. The Kier molecular flexibility index (Phi) is 7.91. The first-order valence-electron chi connectivity index (χ1n) is 5.32. The molecule has 0 heterocycles. The van der Waals surface area contributed by atoms with Gasteiger partial charge in [-0.2, -0.15) is 0 Å². The van der Waals surface area contributed by atoms with E-state index in [1.165, 1.54) is 48.5 Å². The zero-order chi connectivity index (χ0) is 15.1. The summed E-state index contributed by atoms with van der Waals surface area (Å²) in [6.07, 6.45) is 0. The van der Waals surface area contributed by atoms with Gasteiger partial charge in [0.25, 0.3) is 11.4 Å². The second kappa shape index (κ2) is 8.85. The fourth-order valence-corrected chi connectivity index (χ4v) is 1.17. The predicted molar refractivity (Wildman–Crippen MR) is 74.2 cm³/mol. The molecule has 0 saturated heterocycles. The van der Waals surface area contributed by atoms with Crippen LogP contribution in [0.1, 0.15) is 0 Å². The van der Waals surface area contributed by atoms with Crippen molar-refractivity contribution in [2.24, 2.45) is 0 Å². The van der Waals surface area contributed by atoms with Gasteiger partial charge in [0.05, 0.1) is 9.85 Å². The average Bonchev–Trinajstić information content (AvgIpc) is 2.40. The number of hydrogen-bond donors (Lipinski definition) is 0. The monoisotopic (exact) mass is 476 g/mol. The van der Waals surface area contributed by atoms with Crippen LogP contribution in [0.5, 0.6) is 0 Å². The van der Waals surface area contributed by atoms with Crippen molar-refractivity contribution < 1.29 is 37.5 Å².